The second-order valence-corrected chi connectivity index (χ2v) is 10.6. The molecular formula is C23H25N3O3S. The lowest BCUT2D eigenvalue weighted by molar-refractivity contribution is -0.126. The zero-order valence-electron chi connectivity index (χ0n) is 16.7. The Morgan fingerprint density at radius 1 is 0.933 bits per heavy atom. The van der Waals surface area contributed by atoms with Crippen LogP contribution in [-0.4, -0.2) is 48.5 Å². The molecule has 30 heavy (non-hydrogen) atoms. The fourth-order valence-corrected chi connectivity index (χ4v) is 6.23. The summed E-state index contributed by atoms with van der Waals surface area (Å²) in [6.07, 6.45) is 2.93. The highest BCUT2D eigenvalue weighted by Crippen LogP contribution is 2.38. The van der Waals surface area contributed by atoms with Gasteiger partial charge in [-0.2, -0.15) is 5.10 Å². The summed E-state index contributed by atoms with van der Waals surface area (Å²) in [7, 11) is -3.05. The predicted molar refractivity (Wildman–Crippen MR) is 117 cm³/mol. The summed E-state index contributed by atoms with van der Waals surface area (Å²) in [4.78, 5) is 15.4. The summed E-state index contributed by atoms with van der Waals surface area (Å²) >= 11 is 0. The number of carbonyl (C=O) groups excluding carboxylic acids is 1. The van der Waals surface area contributed by atoms with Gasteiger partial charge in [0.1, 0.15) is 5.71 Å². The van der Waals surface area contributed by atoms with E-state index in [0.717, 1.165) is 24.1 Å². The van der Waals surface area contributed by atoms with E-state index in [0.29, 0.717) is 18.6 Å². The van der Waals surface area contributed by atoms with Gasteiger partial charge in [-0.1, -0.05) is 48.5 Å². The Kier molecular flexibility index (Phi) is 4.85. The largest absolute Gasteiger partial charge is 0.331 e. The van der Waals surface area contributed by atoms with Crippen molar-refractivity contribution >= 4 is 27.1 Å². The van der Waals surface area contributed by atoms with Crippen molar-refractivity contribution in [3.05, 3.63) is 66.2 Å². The number of hydrogen-bond donors (Lipinski definition) is 0. The molecule has 2 heterocycles. The number of sulfone groups is 1. The minimum atomic E-state index is -3.05. The minimum absolute atomic E-state index is 0.0547. The van der Waals surface area contributed by atoms with Crippen LogP contribution in [-0.2, 0) is 14.6 Å². The van der Waals surface area contributed by atoms with Gasteiger partial charge in [0, 0.05) is 18.5 Å². The molecule has 0 spiro atoms. The normalized spacial score (nSPS) is 25.2. The molecule has 0 bridgehead atoms. The third-order valence-electron chi connectivity index (χ3n) is 6.14. The van der Waals surface area contributed by atoms with Crippen molar-refractivity contribution in [2.45, 2.75) is 43.8 Å². The van der Waals surface area contributed by atoms with E-state index in [1.54, 1.807) is 0 Å². The van der Waals surface area contributed by atoms with Gasteiger partial charge >= 0.3 is 0 Å². The van der Waals surface area contributed by atoms with Crippen LogP contribution >= 0.6 is 0 Å². The van der Waals surface area contributed by atoms with Crippen LogP contribution in [0.5, 0.6) is 0 Å². The van der Waals surface area contributed by atoms with Crippen molar-refractivity contribution in [3.63, 3.8) is 0 Å². The summed E-state index contributed by atoms with van der Waals surface area (Å²) in [5, 5.41) is 6.69. The van der Waals surface area contributed by atoms with Crippen molar-refractivity contribution in [2.75, 3.05) is 16.5 Å². The number of nitrogens with zero attached hydrogens (tertiary/aromatic N) is 3. The standard InChI is InChI=1S/C23H25N3O3S/c27-23(25(18-11-12-18)20-13-14-30(28,29)16-20)21-15-22(17-7-3-1-4-8-17)26(24-21)19-9-5-2-6-10-19/h1-10,18,20,22H,11-16H2. The average Bonchev–Trinajstić information content (AvgIpc) is 3.38. The van der Waals surface area contributed by atoms with Gasteiger partial charge in [0.25, 0.3) is 5.91 Å². The summed E-state index contributed by atoms with van der Waals surface area (Å²) < 4.78 is 24.1. The molecule has 0 aromatic heterocycles. The maximum absolute atomic E-state index is 13.6. The van der Waals surface area contributed by atoms with Crippen LogP contribution < -0.4 is 5.01 Å². The van der Waals surface area contributed by atoms with Gasteiger partial charge in [0.15, 0.2) is 9.84 Å². The highest BCUT2D eigenvalue weighted by molar-refractivity contribution is 7.91. The van der Waals surface area contributed by atoms with Crippen LogP contribution in [0.25, 0.3) is 0 Å². The van der Waals surface area contributed by atoms with Gasteiger partial charge in [0.05, 0.1) is 23.2 Å². The van der Waals surface area contributed by atoms with Gasteiger partial charge in [-0.15, -0.1) is 0 Å². The van der Waals surface area contributed by atoms with Crippen LogP contribution in [0.4, 0.5) is 5.69 Å². The molecule has 7 heteroatoms. The Balaban J connectivity index is 1.46. The Morgan fingerprint density at radius 3 is 2.20 bits per heavy atom. The maximum Gasteiger partial charge on any atom is 0.270 e. The quantitative estimate of drug-likeness (QED) is 0.741. The number of carbonyl (C=O) groups is 1. The van der Waals surface area contributed by atoms with E-state index in [9.17, 15) is 13.2 Å². The molecule has 2 aliphatic heterocycles. The smallest absolute Gasteiger partial charge is 0.270 e. The number of hydrazone groups is 1. The lowest BCUT2D eigenvalue weighted by Gasteiger charge is -2.28. The zero-order chi connectivity index (χ0) is 20.7. The molecule has 2 atom stereocenters. The SMILES string of the molecule is O=C(C1=NN(c2ccccc2)C(c2ccccc2)C1)N(C1CC1)C1CCS(=O)(=O)C1. The van der Waals surface area contributed by atoms with Crippen molar-refractivity contribution in [3.8, 4) is 0 Å². The van der Waals surface area contributed by atoms with E-state index in [1.165, 1.54) is 0 Å². The molecule has 2 aromatic carbocycles. The molecular weight excluding hydrogens is 398 g/mol. The topological polar surface area (TPSA) is 70.1 Å². The molecule has 2 aromatic rings. The van der Waals surface area contributed by atoms with Crippen LogP contribution in [0.3, 0.4) is 0 Å². The predicted octanol–water partition coefficient (Wildman–Crippen LogP) is 3.17. The Morgan fingerprint density at radius 2 is 1.60 bits per heavy atom. The molecule has 2 unspecified atom stereocenters. The van der Waals surface area contributed by atoms with E-state index in [4.69, 9.17) is 5.10 Å². The highest BCUT2D eigenvalue weighted by atomic mass is 32.2. The third-order valence-corrected chi connectivity index (χ3v) is 7.89. The molecule has 3 aliphatic rings. The summed E-state index contributed by atoms with van der Waals surface area (Å²) in [5.41, 5.74) is 2.56. The Hall–Kier alpha value is -2.67. The molecule has 1 amide bonds. The average molecular weight is 424 g/mol. The molecule has 1 aliphatic carbocycles. The maximum atomic E-state index is 13.6. The molecule has 0 N–H and O–H groups in total. The van der Waals surface area contributed by atoms with Gasteiger partial charge in [-0.3, -0.25) is 9.80 Å². The van der Waals surface area contributed by atoms with E-state index in [-0.39, 0.29) is 35.5 Å². The number of benzene rings is 2. The first-order valence-electron chi connectivity index (χ1n) is 10.5. The van der Waals surface area contributed by atoms with Crippen LogP contribution in [0.2, 0.25) is 0 Å². The summed E-state index contributed by atoms with van der Waals surface area (Å²) in [5.74, 6) is 0.148. The van der Waals surface area contributed by atoms with Crippen LogP contribution in [0.15, 0.2) is 65.8 Å². The molecule has 1 saturated carbocycles. The number of anilines is 1. The lowest BCUT2D eigenvalue weighted by atomic mass is 10.0. The highest BCUT2D eigenvalue weighted by Gasteiger charge is 2.45. The van der Waals surface area contributed by atoms with Crippen molar-refractivity contribution in [2.24, 2.45) is 5.10 Å². The Bertz CT molecular complexity index is 1070. The monoisotopic (exact) mass is 423 g/mol. The Labute approximate surface area is 177 Å². The third kappa shape index (κ3) is 3.74. The van der Waals surface area contributed by atoms with Crippen molar-refractivity contribution in [1.82, 2.24) is 4.90 Å². The minimum Gasteiger partial charge on any atom is -0.331 e. The first-order valence-corrected chi connectivity index (χ1v) is 12.3. The summed E-state index contributed by atoms with van der Waals surface area (Å²) in [6, 6.07) is 19.9. The van der Waals surface area contributed by atoms with Crippen molar-refractivity contribution in [1.29, 1.82) is 0 Å². The van der Waals surface area contributed by atoms with Crippen LogP contribution in [0.1, 0.15) is 37.3 Å². The first kappa shape index (κ1) is 19.3. The van der Waals surface area contributed by atoms with E-state index >= 15 is 0 Å². The number of hydrogen-bond acceptors (Lipinski definition) is 5. The molecule has 5 rings (SSSR count). The molecule has 6 nitrogen and oxygen atoms in total. The van der Waals surface area contributed by atoms with Gasteiger partial charge in [-0.05, 0) is 37.0 Å². The van der Waals surface area contributed by atoms with Gasteiger partial charge < -0.3 is 4.90 Å². The first-order chi connectivity index (χ1) is 14.5. The molecule has 156 valence electrons. The van der Waals surface area contributed by atoms with Gasteiger partial charge in [0.2, 0.25) is 0 Å². The fraction of sp³-hybridized carbons (Fsp3) is 0.391. The zero-order valence-corrected chi connectivity index (χ0v) is 17.5. The van der Waals surface area contributed by atoms with E-state index < -0.39 is 9.84 Å². The van der Waals surface area contributed by atoms with Crippen molar-refractivity contribution < 1.29 is 13.2 Å². The molecule has 1 saturated heterocycles. The van der Waals surface area contributed by atoms with E-state index in [1.807, 2.05) is 58.4 Å². The lowest BCUT2D eigenvalue weighted by Crippen LogP contribution is -2.45. The number of amides is 1. The molecule has 2 fully saturated rings. The summed E-state index contributed by atoms with van der Waals surface area (Å²) in [6.45, 7) is 0. The van der Waals surface area contributed by atoms with Crippen LogP contribution in [0, 0.1) is 0 Å². The second kappa shape index (κ2) is 7.54. The molecule has 0 radical (unpaired) electrons. The second-order valence-electron chi connectivity index (χ2n) is 8.36. The van der Waals surface area contributed by atoms with Gasteiger partial charge in [-0.25, -0.2) is 8.42 Å². The number of rotatable bonds is 5. The fourth-order valence-electron chi connectivity index (χ4n) is 4.52. The number of para-hydroxylation sites is 1. The van der Waals surface area contributed by atoms with E-state index in [2.05, 4.69) is 12.1 Å².